The SMILES string of the molecule is Cc1cccc(-n2nnnc2CNC2Cc3ccccc3C2)n1. The van der Waals surface area contributed by atoms with Gasteiger partial charge in [-0.05, 0) is 53.5 Å². The predicted octanol–water partition coefficient (Wildman–Crippen LogP) is 1.62. The molecular formula is C17H18N6. The Bertz CT molecular complexity index is 800. The van der Waals surface area contributed by atoms with E-state index in [1.165, 1.54) is 11.1 Å². The third-order valence-electron chi connectivity index (χ3n) is 4.22. The van der Waals surface area contributed by atoms with Crippen LogP contribution in [-0.4, -0.2) is 31.2 Å². The van der Waals surface area contributed by atoms with Crippen molar-refractivity contribution in [3.05, 3.63) is 65.1 Å². The first kappa shape index (κ1) is 14.0. The van der Waals surface area contributed by atoms with E-state index in [4.69, 9.17) is 0 Å². The summed E-state index contributed by atoms with van der Waals surface area (Å²) in [5.74, 6) is 1.53. The highest BCUT2D eigenvalue weighted by molar-refractivity contribution is 5.33. The maximum atomic E-state index is 4.48. The van der Waals surface area contributed by atoms with Crippen molar-refractivity contribution in [1.29, 1.82) is 0 Å². The molecule has 2 aromatic heterocycles. The van der Waals surface area contributed by atoms with Crippen molar-refractivity contribution in [2.24, 2.45) is 0 Å². The van der Waals surface area contributed by atoms with Crippen LogP contribution in [-0.2, 0) is 19.4 Å². The van der Waals surface area contributed by atoms with Gasteiger partial charge >= 0.3 is 0 Å². The average Bonchev–Trinajstić information content (AvgIpc) is 3.19. The molecule has 0 aliphatic heterocycles. The molecule has 0 amide bonds. The zero-order valence-electron chi connectivity index (χ0n) is 13.0. The average molecular weight is 306 g/mol. The molecule has 0 bridgehead atoms. The van der Waals surface area contributed by atoms with Crippen LogP contribution in [0.1, 0.15) is 22.6 Å². The second-order valence-electron chi connectivity index (χ2n) is 5.90. The Morgan fingerprint density at radius 2 is 1.87 bits per heavy atom. The van der Waals surface area contributed by atoms with E-state index in [-0.39, 0.29) is 0 Å². The summed E-state index contributed by atoms with van der Waals surface area (Å²) in [6.07, 6.45) is 2.11. The number of aryl methyl sites for hydroxylation is 1. The van der Waals surface area contributed by atoms with Crippen LogP contribution in [0.15, 0.2) is 42.5 Å². The van der Waals surface area contributed by atoms with Crippen LogP contribution < -0.4 is 5.32 Å². The van der Waals surface area contributed by atoms with Crippen molar-refractivity contribution < 1.29 is 0 Å². The Hall–Kier alpha value is -2.60. The van der Waals surface area contributed by atoms with Gasteiger partial charge in [0, 0.05) is 11.7 Å². The molecule has 0 saturated heterocycles. The van der Waals surface area contributed by atoms with Gasteiger partial charge < -0.3 is 5.32 Å². The van der Waals surface area contributed by atoms with Gasteiger partial charge in [0.15, 0.2) is 11.6 Å². The Balaban J connectivity index is 1.46. The van der Waals surface area contributed by atoms with Gasteiger partial charge in [-0.25, -0.2) is 4.98 Å². The number of pyridine rings is 1. The first-order valence-electron chi connectivity index (χ1n) is 7.81. The fourth-order valence-corrected chi connectivity index (χ4v) is 3.08. The van der Waals surface area contributed by atoms with E-state index in [9.17, 15) is 0 Å². The van der Waals surface area contributed by atoms with Crippen molar-refractivity contribution in [1.82, 2.24) is 30.5 Å². The quantitative estimate of drug-likeness (QED) is 0.793. The van der Waals surface area contributed by atoms with Gasteiger partial charge in [0.1, 0.15) is 0 Å². The molecule has 0 saturated carbocycles. The van der Waals surface area contributed by atoms with Crippen LogP contribution in [0.3, 0.4) is 0 Å². The van der Waals surface area contributed by atoms with E-state index in [0.717, 1.165) is 30.2 Å². The summed E-state index contributed by atoms with van der Waals surface area (Å²) in [5.41, 5.74) is 3.82. The Morgan fingerprint density at radius 1 is 1.09 bits per heavy atom. The standard InChI is InChI=1S/C17H18N6/c1-12-5-4-8-16(19-12)23-17(20-21-22-23)11-18-15-9-13-6-2-3-7-14(13)10-15/h2-8,15,18H,9-11H2,1H3. The highest BCUT2D eigenvalue weighted by Gasteiger charge is 2.21. The fraction of sp³-hybridized carbons (Fsp3) is 0.294. The summed E-state index contributed by atoms with van der Waals surface area (Å²) in [6, 6.07) is 14.9. The molecule has 0 unspecified atom stereocenters. The molecule has 0 radical (unpaired) electrons. The minimum absolute atomic E-state index is 0.433. The minimum Gasteiger partial charge on any atom is -0.306 e. The maximum absolute atomic E-state index is 4.48. The van der Waals surface area contributed by atoms with E-state index in [2.05, 4.69) is 50.1 Å². The summed E-state index contributed by atoms with van der Waals surface area (Å²) >= 11 is 0. The molecule has 6 heteroatoms. The van der Waals surface area contributed by atoms with Crippen molar-refractivity contribution in [2.75, 3.05) is 0 Å². The lowest BCUT2D eigenvalue weighted by Crippen LogP contribution is -2.30. The molecule has 0 fully saturated rings. The molecule has 6 nitrogen and oxygen atoms in total. The highest BCUT2D eigenvalue weighted by Crippen LogP contribution is 2.21. The number of nitrogens with zero attached hydrogens (tertiary/aromatic N) is 5. The van der Waals surface area contributed by atoms with Gasteiger partial charge in [-0.3, -0.25) is 0 Å². The zero-order chi connectivity index (χ0) is 15.6. The van der Waals surface area contributed by atoms with E-state index >= 15 is 0 Å². The number of fused-ring (bicyclic) bond motifs is 1. The molecule has 1 aliphatic carbocycles. The number of aromatic nitrogens is 5. The van der Waals surface area contributed by atoms with Gasteiger partial charge in [-0.1, -0.05) is 30.3 Å². The third kappa shape index (κ3) is 2.85. The van der Waals surface area contributed by atoms with Gasteiger partial charge in [-0.2, -0.15) is 4.68 Å². The van der Waals surface area contributed by atoms with Gasteiger partial charge in [0.25, 0.3) is 0 Å². The lowest BCUT2D eigenvalue weighted by atomic mass is 10.1. The monoisotopic (exact) mass is 306 g/mol. The fourth-order valence-electron chi connectivity index (χ4n) is 3.08. The first-order valence-corrected chi connectivity index (χ1v) is 7.81. The lowest BCUT2D eigenvalue weighted by Gasteiger charge is -2.11. The summed E-state index contributed by atoms with van der Waals surface area (Å²) in [4.78, 5) is 4.48. The van der Waals surface area contributed by atoms with E-state index < -0.39 is 0 Å². The van der Waals surface area contributed by atoms with E-state index in [0.29, 0.717) is 12.6 Å². The number of rotatable bonds is 4. The normalized spacial score (nSPS) is 14.1. The zero-order valence-corrected chi connectivity index (χ0v) is 13.0. The first-order chi connectivity index (χ1) is 11.3. The van der Waals surface area contributed by atoms with Crippen molar-refractivity contribution in [2.45, 2.75) is 32.4 Å². The largest absolute Gasteiger partial charge is 0.306 e. The molecule has 1 N–H and O–H groups in total. The van der Waals surface area contributed by atoms with Crippen LogP contribution in [0, 0.1) is 6.92 Å². The predicted molar refractivity (Wildman–Crippen MR) is 86.2 cm³/mol. The van der Waals surface area contributed by atoms with Gasteiger partial charge in [-0.15, -0.1) is 5.10 Å². The van der Waals surface area contributed by atoms with E-state index in [1.54, 1.807) is 4.68 Å². The second kappa shape index (κ2) is 5.89. The maximum Gasteiger partial charge on any atom is 0.172 e. The molecule has 4 rings (SSSR count). The van der Waals surface area contributed by atoms with Crippen LogP contribution in [0.5, 0.6) is 0 Å². The minimum atomic E-state index is 0.433. The molecule has 1 aliphatic rings. The molecule has 2 heterocycles. The molecule has 23 heavy (non-hydrogen) atoms. The van der Waals surface area contributed by atoms with E-state index in [1.807, 2.05) is 25.1 Å². The van der Waals surface area contributed by atoms with Crippen LogP contribution in [0.25, 0.3) is 5.82 Å². The van der Waals surface area contributed by atoms with Crippen molar-refractivity contribution in [3.63, 3.8) is 0 Å². The number of tetrazole rings is 1. The Kier molecular flexibility index (Phi) is 3.59. The highest BCUT2D eigenvalue weighted by atomic mass is 15.6. The molecule has 0 atom stereocenters. The van der Waals surface area contributed by atoms with Crippen LogP contribution in [0.4, 0.5) is 0 Å². The summed E-state index contributed by atoms with van der Waals surface area (Å²) in [6.45, 7) is 2.59. The third-order valence-corrected chi connectivity index (χ3v) is 4.22. The summed E-state index contributed by atoms with van der Waals surface area (Å²) in [7, 11) is 0. The Labute approximate surface area is 134 Å². The van der Waals surface area contributed by atoms with Crippen LogP contribution in [0.2, 0.25) is 0 Å². The number of hydrogen-bond donors (Lipinski definition) is 1. The van der Waals surface area contributed by atoms with Gasteiger partial charge in [0.2, 0.25) is 0 Å². The molecule has 0 spiro atoms. The lowest BCUT2D eigenvalue weighted by molar-refractivity contribution is 0.515. The summed E-state index contributed by atoms with van der Waals surface area (Å²) < 4.78 is 1.70. The van der Waals surface area contributed by atoms with Gasteiger partial charge in [0.05, 0.1) is 6.54 Å². The topological polar surface area (TPSA) is 68.5 Å². The number of benzene rings is 1. The Morgan fingerprint density at radius 3 is 2.61 bits per heavy atom. The van der Waals surface area contributed by atoms with Crippen molar-refractivity contribution >= 4 is 0 Å². The molecule has 116 valence electrons. The molecule has 3 aromatic rings. The number of nitrogens with one attached hydrogen (secondary N) is 1. The van der Waals surface area contributed by atoms with Crippen molar-refractivity contribution in [3.8, 4) is 5.82 Å². The molecule has 1 aromatic carbocycles. The van der Waals surface area contributed by atoms with Crippen LogP contribution >= 0.6 is 0 Å². The number of hydrogen-bond acceptors (Lipinski definition) is 5. The molecular weight excluding hydrogens is 288 g/mol. The second-order valence-corrected chi connectivity index (χ2v) is 5.90. The summed E-state index contributed by atoms with van der Waals surface area (Å²) in [5, 5.41) is 15.6. The smallest absolute Gasteiger partial charge is 0.172 e.